The number of rotatable bonds is 2. The van der Waals surface area contributed by atoms with Crippen LogP contribution in [0.3, 0.4) is 0 Å². The molecule has 0 aliphatic carbocycles. The molecule has 1 aromatic heterocycles. The van der Waals surface area contributed by atoms with Crippen molar-refractivity contribution in [1.29, 1.82) is 0 Å². The molecule has 1 aromatic carbocycles. The number of thiazole rings is 1. The molecule has 0 radical (unpaired) electrons. The molecule has 15 heavy (non-hydrogen) atoms. The zero-order valence-corrected chi connectivity index (χ0v) is 10.3. The zero-order chi connectivity index (χ0) is 11.0. The van der Waals surface area contributed by atoms with E-state index in [0.717, 1.165) is 10.2 Å². The lowest BCUT2D eigenvalue weighted by atomic mass is 10.3. The first kappa shape index (κ1) is 11.0. The molecule has 0 saturated heterocycles. The molecule has 0 saturated carbocycles. The second-order valence-electron chi connectivity index (χ2n) is 2.65. The van der Waals surface area contributed by atoms with Crippen LogP contribution in [0, 0.1) is 3.95 Å². The Kier molecular flexibility index (Phi) is 3.03. The molecule has 1 N–H and O–H groups in total. The van der Waals surface area contributed by atoms with Crippen LogP contribution >= 0.6 is 39.5 Å². The van der Waals surface area contributed by atoms with Crippen molar-refractivity contribution >= 4 is 49.7 Å². The lowest BCUT2D eigenvalue weighted by molar-refractivity contribution is -0.0502. The molecular weight excluding hydrogens is 308 g/mol. The van der Waals surface area contributed by atoms with E-state index in [9.17, 15) is 8.78 Å². The van der Waals surface area contributed by atoms with Crippen LogP contribution in [0.15, 0.2) is 16.6 Å². The van der Waals surface area contributed by atoms with Crippen molar-refractivity contribution in [3.8, 4) is 5.75 Å². The predicted octanol–water partition coefficient (Wildman–Crippen LogP) is 4.32. The highest BCUT2D eigenvalue weighted by Gasteiger charge is 2.12. The Bertz CT molecular complexity index is 551. The standard InChI is InChI=1S/C8H4BrF2NOS2/c9-5-4(13-7(10)11)2-1-3-6(5)15-8(14)12-3/h1-2,7H,(H,12,14). The average Bonchev–Trinajstić information content (AvgIpc) is 2.51. The van der Waals surface area contributed by atoms with Crippen LogP contribution in [0.2, 0.25) is 0 Å². The highest BCUT2D eigenvalue weighted by molar-refractivity contribution is 9.10. The normalized spacial score (nSPS) is 11.2. The predicted molar refractivity (Wildman–Crippen MR) is 61.3 cm³/mol. The summed E-state index contributed by atoms with van der Waals surface area (Å²) in [5.41, 5.74) is 0.804. The Morgan fingerprint density at radius 2 is 2.20 bits per heavy atom. The van der Waals surface area contributed by atoms with E-state index >= 15 is 0 Å². The molecule has 0 amide bonds. The van der Waals surface area contributed by atoms with Crippen molar-refractivity contribution in [2.45, 2.75) is 6.61 Å². The molecule has 0 spiro atoms. The number of aromatic amines is 1. The minimum atomic E-state index is -2.83. The fraction of sp³-hybridized carbons (Fsp3) is 0.125. The van der Waals surface area contributed by atoms with Gasteiger partial charge in [-0.25, -0.2) is 0 Å². The molecule has 0 unspecified atom stereocenters. The minimum absolute atomic E-state index is 0.114. The number of ether oxygens (including phenoxy) is 1. The molecule has 2 rings (SSSR count). The molecule has 0 aliphatic rings. The Balaban J connectivity index is 2.59. The molecule has 0 bridgehead atoms. The van der Waals surface area contributed by atoms with Crippen LogP contribution in [0.5, 0.6) is 5.75 Å². The van der Waals surface area contributed by atoms with Crippen LogP contribution in [0.1, 0.15) is 0 Å². The third-order valence-electron chi connectivity index (χ3n) is 1.71. The Hall–Kier alpha value is -0.530. The lowest BCUT2D eigenvalue weighted by Gasteiger charge is -2.06. The van der Waals surface area contributed by atoms with Gasteiger partial charge in [-0.15, -0.1) is 11.3 Å². The van der Waals surface area contributed by atoms with E-state index in [1.54, 1.807) is 6.07 Å². The molecule has 0 atom stereocenters. The molecule has 80 valence electrons. The van der Waals surface area contributed by atoms with E-state index in [-0.39, 0.29) is 5.75 Å². The smallest absolute Gasteiger partial charge is 0.387 e. The molecule has 1 heterocycles. The van der Waals surface area contributed by atoms with Gasteiger partial charge in [0.25, 0.3) is 0 Å². The van der Waals surface area contributed by atoms with E-state index in [0.29, 0.717) is 8.43 Å². The lowest BCUT2D eigenvalue weighted by Crippen LogP contribution is -2.02. The maximum atomic E-state index is 12.0. The van der Waals surface area contributed by atoms with E-state index in [2.05, 4.69) is 25.7 Å². The SMILES string of the molecule is FC(F)Oc1ccc2[nH]c(=S)sc2c1Br. The van der Waals surface area contributed by atoms with Gasteiger partial charge in [-0.2, -0.15) is 8.78 Å². The summed E-state index contributed by atoms with van der Waals surface area (Å²) in [6.45, 7) is -2.83. The third-order valence-corrected chi connectivity index (χ3v) is 4.03. The Labute approximate surface area is 101 Å². The number of halogens is 3. The van der Waals surface area contributed by atoms with Gasteiger partial charge in [0.15, 0.2) is 3.95 Å². The number of nitrogens with one attached hydrogen (secondary N) is 1. The number of benzene rings is 1. The molecular formula is C8H4BrF2NOS2. The van der Waals surface area contributed by atoms with Gasteiger partial charge in [0.2, 0.25) is 0 Å². The number of hydrogen-bond acceptors (Lipinski definition) is 3. The second kappa shape index (κ2) is 4.15. The second-order valence-corrected chi connectivity index (χ2v) is 5.13. The Morgan fingerprint density at radius 3 is 2.87 bits per heavy atom. The maximum absolute atomic E-state index is 12.0. The highest BCUT2D eigenvalue weighted by atomic mass is 79.9. The van der Waals surface area contributed by atoms with Gasteiger partial charge in [-0.05, 0) is 40.3 Å². The summed E-state index contributed by atoms with van der Waals surface area (Å²) in [5, 5.41) is 0. The fourth-order valence-corrected chi connectivity index (χ4v) is 2.96. The van der Waals surface area contributed by atoms with E-state index < -0.39 is 6.61 Å². The van der Waals surface area contributed by atoms with Crippen LogP contribution < -0.4 is 4.74 Å². The van der Waals surface area contributed by atoms with Crippen molar-refractivity contribution in [2.75, 3.05) is 0 Å². The van der Waals surface area contributed by atoms with Crippen molar-refractivity contribution in [1.82, 2.24) is 4.98 Å². The van der Waals surface area contributed by atoms with Gasteiger partial charge in [0.05, 0.1) is 14.7 Å². The van der Waals surface area contributed by atoms with Gasteiger partial charge in [0, 0.05) is 0 Å². The first-order valence-corrected chi connectivity index (χ1v) is 5.86. The molecule has 2 aromatic rings. The minimum Gasteiger partial charge on any atom is -0.434 e. The zero-order valence-electron chi connectivity index (χ0n) is 7.09. The topological polar surface area (TPSA) is 25.0 Å². The Morgan fingerprint density at radius 1 is 1.47 bits per heavy atom. The number of aromatic nitrogens is 1. The molecule has 0 aliphatic heterocycles. The molecule has 0 fully saturated rings. The van der Waals surface area contributed by atoms with Gasteiger partial charge in [0.1, 0.15) is 5.75 Å². The fourth-order valence-electron chi connectivity index (χ4n) is 1.15. The van der Waals surface area contributed by atoms with Gasteiger partial charge in [-0.3, -0.25) is 0 Å². The van der Waals surface area contributed by atoms with Crippen LogP contribution in [0.4, 0.5) is 8.78 Å². The van der Waals surface area contributed by atoms with Gasteiger partial charge >= 0.3 is 6.61 Å². The number of H-pyrrole nitrogens is 1. The van der Waals surface area contributed by atoms with Crippen molar-refractivity contribution < 1.29 is 13.5 Å². The largest absolute Gasteiger partial charge is 0.434 e. The monoisotopic (exact) mass is 311 g/mol. The van der Waals surface area contributed by atoms with E-state index in [4.69, 9.17) is 12.2 Å². The summed E-state index contributed by atoms with van der Waals surface area (Å²) in [7, 11) is 0. The first-order chi connectivity index (χ1) is 7.08. The van der Waals surface area contributed by atoms with E-state index in [1.807, 2.05) is 0 Å². The highest BCUT2D eigenvalue weighted by Crippen LogP contribution is 2.36. The summed E-state index contributed by atoms with van der Waals surface area (Å²) in [4.78, 5) is 2.94. The number of hydrogen-bond donors (Lipinski definition) is 1. The summed E-state index contributed by atoms with van der Waals surface area (Å²) in [6.07, 6.45) is 0. The average molecular weight is 312 g/mol. The first-order valence-electron chi connectivity index (χ1n) is 3.84. The van der Waals surface area contributed by atoms with Gasteiger partial charge in [-0.1, -0.05) is 0 Å². The van der Waals surface area contributed by atoms with Crippen molar-refractivity contribution in [3.63, 3.8) is 0 Å². The molecule has 2 nitrogen and oxygen atoms in total. The quantitative estimate of drug-likeness (QED) is 0.835. The maximum Gasteiger partial charge on any atom is 0.387 e. The van der Waals surface area contributed by atoms with Crippen LogP contribution in [-0.2, 0) is 0 Å². The summed E-state index contributed by atoms with van der Waals surface area (Å²) in [6, 6.07) is 3.13. The number of fused-ring (bicyclic) bond motifs is 1. The van der Waals surface area contributed by atoms with Crippen LogP contribution in [-0.4, -0.2) is 11.6 Å². The number of alkyl halides is 2. The van der Waals surface area contributed by atoms with Crippen molar-refractivity contribution in [3.05, 3.63) is 20.6 Å². The molecule has 7 heteroatoms. The summed E-state index contributed by atoms with van der Waals surface area (Å²) < 4.78 is 30.3. The van der Waals surface area contributed by atoms with Gasteiger partial charge < -0.3 is 9.72 Å². The van der Waals surface area contributed by atoms with Crippen molar-refractivity contribution in [2.24, 2.45) is 0 Å². The summed E-state index contributed by atoms with van der Waals surface area (Å²) in [5.74, 6) is 0.114. The van der Waals surface area contributed by atoms with E-state index in [1.165, 1.54) is 17.4 Å². The van der Waals surface area contributed by atoms with Crippen LogP contribution in [0.25, 0.3) is 10.2 Å². The third kappa shape index (κ3) is 2.19. The summed E-state index contributed by atoms with van der Waals surface area (Å²) >= 11 is 9.47.